The van der Waals surface area contributed by atoms with E-state index in [-0.39, 0.29) is 5.97 Å². The lowest BCUT2D eigenvalue weighted by Crippen LogP contribution is -2.25. The third-order valence-electron chi connectivity index (χ3n) is 4.13. The number of carbonyl (C=O) groups is 1. The van der Waals surface area contributed by atoms with Crippen LogP contribution in [0.25, 0.3) is 11.6 Å². The highest BCUT2D eigenvalue weighted by molar-refractivity contribution is 5.90. The molecule has 0 aromatic heterocycles. The Balaban J connectivity index is 2.39. The molecule has 0 unspecified atom stereocenters. The first-order chi connectivity index (χ1) is 13.7. The van der Waals surface area contributed by atoms with Crippen molar-refractivity contribution in [1.29, 1.82) is 5.26 Å². The zero-order chi connectivity index (χ0) is 21.6. The second kappa shape index (κ2) is 9.16. The van der Waals surface area contributed by atoms with Gasteiger partial charge >= 0.3 is 5.97 Å². The zero-order valence-corrected chi connectivity index (χ0v) is 17.5. The molecule has 0 bridgehead atoms. The van der Waals surface area contributed by atoms with Crippen LogP contribution in [0.2, 0.25) is 0 Å². The van der Waals surface area contributed by atoms with Crippen LogP contribution in [0.5, 0.6) is 23.0 Å². The standard InChI is InChI=1S/C23H25NO5/c1-23(2,3)22(25)29-19-9-7-15(12-20(19)27-5)11-17(14-24)16-8-10-18(26-4)21(13-16)28-6/h7-13H,1-6H3/b17-11-. The molecule has 0 aliphatic heterocycles. The fourth-order valence-electron chi connectivity index (χ4n) is 2.46. The van der Waals surface area contributed by atoms with E-state index in [9.17, 15) is 10.1 Å². The Morgan fingerprint density at radius 1 is 0.897 bits per heavy atom. The van der Waals surface area contributed by atoms with Gasteiger partial charge in [-0.15, -0.1) is 0 Å². The van der Waals surface area contributed by atoms with Gasteiger partial charge in [0.05, 0.1) is 38.4 Å². The summed E-state index contributed by atoms with van der Waals surface area (Å²) in [7, 11) is 4.59. The molecule has 0 aliphatic carbocycles. The van der Waals surface area contributed by atoms with E-state index in [0.29, 0.717) is 34.1 Å². The second-order valence-electron chi connectivity index (χ2n) is 7.29. The molecule has 0 heterocycles. The van der Waals surface area contributed by atoms with Gasteiger partial charge in [-0.2, -0.15) is 5.26 Å². The Hall–Kier alpha value is -3.46. The molecule has 2 aromatic carbocycles. The maximum Gasteiger partial charge on any atom is 0.316 e. The Labute approximate surface area is 171 Å². The summed E-state index contributed by atoms with van der Waals surface area (Å²) < 4.78 is 21.4. The smallest absolute Gasteiger partial charge is 0.316 e. The molecule has 0 atom stereocenters. The van der Waals surface area contributed by atoms with E-state index in [1.165, 1.54) is 7.11 Å². The van der Waals surface area contributed by atoms with Gasteiger partial charge in [-0.25, -0.2) is 0 Å². The van der Waals surface area contributed by atoms with Crippen molar-refractivity contribution in [3.8, 4) is 29.1 Å². The second-order valence-corrected chi connectivity index (χ2v) is 7.29. The molecule has 6 nitrogen and oxygen atoms in total. The van der Waals surface area contributed by atoms with Gasteiger partial charge in [0, 0.05) is 0 Å². The summed E-state index contributed by atoms with van der Waals surface area (Å²) in [5.74, 6) is 1.49. The van der Waals surface area contributed by atoms with Crippen molar-refractivity contribution < 1.29 is 23.7 Å². The minimum Gasteiger partial charge on any atom is -0.493 e. The summed E-state index contributed by atoms with van der Waals surface area (Å²) in [6, 6.07) is 12.6. The van der Waals surface area contributed by atoms with E-state index in [1.54, 1.807) is 77.5 Å². The van der Waals surface area contributed by atoms with E-state index >= 15 is 0 Å². The van der Waals surface area contributed by atoms with Crippen molar-refractivity contribution in [2.45, 2.75) is 20.8 Å². The van der Waals surface area contributed by atoms with Gasteiger partial charge in [0.1, 0.15) is 0 Å². The van der Waals surface area contributed by atoms with Crippen molar-refractivity contribution >= 4 is 17.6 Å². The molecule has 0 saturated heterocycles. The van der Waals surface area contributed by atoms with Gasteiger partial charge in [-0.1, -0.05) is 6.07 Å². The molecule has 0 fully saturated rings. The van der Waals surface area contributed by atoms with Gasteiger partial charge in [0.25, 0.3) is 0 Å². The summed E-state index contributed by atoms with van der Waals surface area (Å²) >= 11 is 0. The number of methoxy groups -OCH3 is 3. The average Bonchev–Trinajstić information content (AvgIpc) is 2.71. The minimum absolute atomic E-state index is 0.328. The monoisotopic (exact) mass is 395 g/mol. The molecule has 0 radical (unpaired) electrons. The molecule has 29 heavy (non-hydrogen) atoms. The molecule has 152 valence electrons. The summed E-state index contributed by atoms with van der Waals surface area (Å²) in [5, 5.41) is 9.63. The van der Waals surface area contributed by atoms with Crippen LogP contribution < -0.4 is 18.9 Å². The SMILES string of the molecule is COc1ccc(/C(C#N)=C\c2ccc(OC(=O)C(C)(C)C)c(OC)c2)cc1OC. The fraction of sp³-hybridized carbons (Fsp3) is 0.304. The molecule has 0 aliphatic rings. The van der Waals surface area contributed by atoms with Gasteiger partial charge in [-0.3, -0.25) is 4.79 Å². The highest BCUT2D eigenvalue weighted by Gasteiger charge is 2.25. The number of nitriles is 1. The Kier molecular flexibility index (Phi) is 6.89. The summed E-state index contributed by atoms with van der Waals surface area (Å²) in [6.45, 7) is 5.34. The van der Waals surface area contributed by atoms with Gasteiger partial charge in [-0.05, 0) is 68.3 Å². The number of hydrogen-bond acceptors (Lipinski definition) is 6. The first kappa shape index (κ1) is 21.8. The lowest BCUT2D eigenvalue weighted by molar-refractivity contribution is -0.143. The highest BCUT2D eigenvalue weighted by atomic mass is 16.6. The van der Waals surface area contributed by atoms with E-state index in [2.05, 4.69) is 6.07 Å². The lowest BCUT2D eigenvalue weighted by atomic mass is 9.97. The third kappa shape index (κ3) is 5.29. The number of carbonyl (C=O) groups excluding carboxylic acids is 1. The molecule has 6 heteroatoms. The van der Waals surface area contributed by atoms with Gasteiger partial charge < -0.3 is 18.9 Å². The number of allylic oxidation sites excluding steroid dienone is 1. The van der Waals surface area contributed by atoms with Crippen molar-refractivity contribution in [3.63, 3.8) is 0 Å². The third-order valence-corrected chi connectivity index (χ3v) is 4.13. The van der Waals surface area contributed by atoms with E-state index in [1.807, 2.05) is 0 Å². The number of esters is 1. The number of ether oxygens (including phenoxy) is 4. The molecular weight excluding hydrogens is 370 g/mol. The van der Waals surface area contributed by atoms with Crippen LogP contribution in [0, 0.1) is 16.7 Å². The number of hydrogen-bond donors (Lipinski definition) is 0. The first-order valence-electron chi connectivity index (χ1n) is 8.98. The lowest BCUT2D eigenvalue weighted by Gasteiger charge is -2.17. The van der Waals surface area contributed by atoms with E-state index in [0.717, 1.165) is 5.56 Å². The molecule has 0 spiro atoms. The predicted octanol–water partition coefficient (Wildman–Crippen LogP) is 4.73. The van der Waals surface area contributed by atoms with Crippen LogP contribution in [0.1, 0.15) is 31.9 Å². The molecule has 0 amide bonds. The van der Waals surface area contributed by atoms with Crippen molar-refractivity contribution in [2.24, 2.45) is 5.41 Å². The first-order valence-corrected chi connectivity index (χ1v) is 8.98. The Morgan fingerprint density at radius 3 is 2.03 bits per heavy atom. The quantitative estimate of drug-likeness (QED) is 0.305. The van der Waals surface area contributed by atoms with Crippen LogP contribution in [-0.4, -0.2) is 27.3 Å². The summed E-state index contributed by atoms with van der Waals surface area (Å²) in [4.78, 5) is 12.2. The number of nitrogens with zero attached hydrogens (tertiary/aromatic N) is 1. The Bertz CT molecular complexity index is 964. The molecule has 2 aromatic rings. The maximum atomic E-state index is 12.2. The average molecular weight is 395 g/mol. The predicted molar refractivity (Wildman–Crippen MR) is 111 cm³/mol. The van der Waals surface area contributed by atoms with Crippen molar-refractivity contribution in [3.05, 3.63) is 47.5 Å². The van der Waals surface area contributed by atoms with Crippen molar-refractivity contribution in [1.82, 2.24) is 0 Å². The van der Waals surface area contributed by atoms with Gasteiger partial charge in [0.15, 0.2) is 23.0 Å². The molecular formula is C23H25NO5. The molecule has 0 N–H and O–H groups in total. The topological polar surface area (TPSA) is 77.8 Å². The van der Waals surface area contributed by atoms with Gasteiger partial charge in [0.2, 0.25) is 0 Å². The molecule has 0 saturated carbocycles. The Morgan fingerprint density at radius 2 is 1.48 bits per heavy atom. The van der Waals surface area contributed by atoms with Crippen LogP contribution in [0.15, 0.2) is 36.4 Å². The van der Waals surface area contributed by atoms with Crippen LogP contribution >= 0.6 is 0 Å². The zero-order valence-electron chi connectivity index (χ0n) is 17.5. The largest absolute Gasteiger partial charge is 0.493 e. The molecule has 2 rings (SSSR count). The number of rotatable bonds is 6. The van der Waals surface area contributed by atoms with E-state index < -0.39 is 5.41 Å². The summed E-state index contributed by atoms with van der Waals surface area (Å²) in [5.41, 5.74) is 1.22. The van der Waals surface area contributed by atoms with Crippen LogP contribution in [0.3, 0.4) is 0 Å². The van der Waals surface area contributed by atoms with Crippen LogP contribution in [-0.2, 0) is 4.79 Å². The highest BCUT2D eigenvalue weighted by Crippen LogP contribution is 2.33. The van der Waals surface area contributed by atoms with Crippen molar-refractivity contribution in [2.75, 3.05) is 21.3 Å². The van der Waals surface area contributed by atoms with Crippen LogP contribution in [0.4, 0.5) is 0 Å². The van der Waals surface area contributed by atoms with E-state index in [4.69, 9.17) is 18.9 Å². The number of benzene rings is 2. The minimum atomic E-state index is -0.634. The summed E-state index contributed by atoms with van der Waals surface area (Å²) in [6.07, 6.45) is 1.72. The maximum absolute atomic E-state index is 12.2. The fourth-order valence-corrected chi connectivity index (χ4v) is 2.46. The normalized spacial score (nSPS) is 11.4.